The van der Waals surface area contributed by atoms with Crippen molar-refractivity contribution in [2.45, 2.75) is 51.7 Å². The lowest BCUT2D eigenvalue weighted by Crippen LogP contribution is -2.26. The summed E-state index contributed by atoms with van der Waals surface area (Å²) in [6, 6.07) is 0. The largest absolute Gasteiger partial charge is 0.158 e. The molecule has 1 heterocycles. The summed E-state index contributed by atoms with van der Waals surface area (Å²) in [5.74, 6) is 1.39. The van der Waals surface area contributed by atoms with Gasteiger partial charge in [-0.05, 0) is 36.9 Å². The second kappa shape index (κ2) is 3.84. The Morgan fingerprint density at radius 2 is 2.18 bits per heavy atom. The first-order valence-electron chi connectivity index (χ1n) is 4.82. The normalized spacial score (nSPS) is 39.0. The highest BCUT2D eigenvalue weighted by atomic mass is 32.2. The highest BCUT2D eigenvalue weighted by Crippen LogP contribution is 2.41. The first-order chi connectivity index (χ1) is 5.20. The topological polar surface area (TPSA) is 0 Å². The van der Waals surface area contributed by atoms with Gasteiger partial charge in [0.2, 0.25) is 0 Å². The molecule has 1 aliphatic rings. The Kier molecular flexibility index (Phi) is 3.29. The Morgan fingerprint density at radius 1 is 1.45 bits per heavy atom. The van der Waals surface area contributed by atoms with E-state index in [9.17, 15) is 0 Å². The van der Waals surface area contributed by atoms with E-state index < -0.39 is 0 Å². The quantitative estimate of drug-likeness (QED) is 0.612. The molecule has 1 rings (SSSR count). The molecule has 0 aromatic heterocycles. The van der Waals surface area contributed by atoms with Gasteiger partial charge in [-0.25, -0.2) is 0 Å². The van der Waals surface area contributed by atoms with Crippen LogP contribution in [0.25, 0.3) is 0 Å². The third-order valence-electron chi connectivity index (χ3n) is 3.05. The number of hydrogen-bond acceptors (Lipinski definition) is 1. The first-order valence-corrected chi connectivity index (χ1v) is 5.86. The molecule has 1 fully saturated rings. The van der Waals surface area contributed by atoms with Gasteiger partial charge in [0, 0.05) is 5.25 Å². The molecule has 0 radical (unpaired) electrons. The van der Waals surface area contributed by atoms with Crippen LogP contribution in [-0.4, -0.2) is 11.0 Å². The SMILES string of the molecule is CCC1CCC(C)(CC)CS1. The summed E-state index contributed by atoms with van der Waals surface area (Å²) in [6.07, 6.45) is 5.63. The van der Waals surface area contributed by atoms with Crippen LogP contribution in [0, 0.1) is 5.41 Å². The van der Waals surface area contributed by atoms with Crippen molar-refractivity contribution in [1.29, 1.82) is 0 Å². The molecule has 11 heavy (non-hydrogen) atoms. The lowest BCUT2D eigenvalue weighted by molar-refractivity contribution is 0.307. The van der Waals surface area contributed by atoms with Crippen molar-refractivity contribution in [2.75, 3.05) is 5.75 Å². The molecule has 1 aliphatic heterocycles. The molecule has 0 bridgehead atoms. The molecule has 0 aromatic rings. The van der Waals surface area contributed by atoms with E-state index in [2.05, 4.69) is 32.5 Å². The van der Waals surface area contributed by atoms with Crippen LogP contribution in [0.1, 0.15) is 46.5 Å². The number of thioether (sulfide) groups is 1. The Bertz CT molecular complexity index is 112. The first kappa shape index (κ1) is 9.44. The Balaban J connectivity index is 2.35. The smallest absolute Gasteiger partial charge is 0.00448 e. The van der Waals surface area contributed by atoms with Gasteiger partial charge in [0.1, 0.15) is 0 Å². The lowest BCUT2D eigenvalue weighted by atomic mass is 9.83. The van der Waals surface area contributed by atoms with Gasteiger partial charge in [-0.3, -0.25) is 0 Å². The van der Waals surface area contributed by atoms with Crippen LogP contribution in [0.15, 0.2) is 0 Å². The van der Waals surface area contributed by atoms with Crippen molar-refractivity contribution in [3.63, 3.8) is 0 Å². The molecule has 2 atom stereocenters. The zero-order valence-corrected chi connectivity index (χ0v) is 8.84. The van der Waals surface area contributed by atoms with E-state index in [0.717, 1.165) is 5.25 Å². The average molecular weight is 172 g/mol. The molecule has 2 unspecified atom stereocenters. The van der Waals surface area contributed by atoms with E-state index in [1.165, 1.54) is 31.4 Å². The summed E-state index contributed by atoms with van der Waals surface area (Å²) in [5, 5.41) is 0.967. The maximum Gasteiger partial charge on any atom is 0.00448 e. The summed E-state index contributed by atoms with van der Waals surface area (Å²) < 4.78 is 0. The second-order valence-corrected chi connectivity index (χ2v) is 5.33. The van der Waals surface area contributed by atoms with Crippen molar-refractivity contribution >= 4 is 11.8 Å². The summed E-state index contributed by atoms with van der Waals surface area (Å²) in [4.78, 5) is 0. The molecule has 66 valence electrons. The van der Waals surface area contributed by atoms with Crippen LogP contribution in [0.3, 0.4) is 0 Å². The van der Waals surface area contributed by atoms with Crippen LogP contribution in [0.5, 0.6) is 0 Å². The highest BCUT2D eigenvalue weighted by Gasteiger charge is 2.28. The van der Waals surface area contributed by atoms with Crippen LogP contribution in [0.2, 0.25) is 0 Å². The fourth-order valence-electron chi connectivity index (χ4n) is 1.58. The van der Waals surface area contributed by atoms with Gasteiger partial charge >= 0.3 is 0 Å². The van der Waals surface area contributed by atoms with E-state index in [1.54, 1.807) is 0 Å². The zero-order valence-electron chi connectivity index (χ0n) is 8.02. The molecule has 0 amide bonds. The van der Waals surface area contributed by atoms with Gasteiger partial charge < -0.3 is 0 Å². The molecule has 0 aliphatic carbocycles. The molecule has 1 saturated heterocycles. The molecule has 1 heteroatoms. The fourth-order valence-corrected chi connectivity index (χ4v) is 3.09. The van der Waals surface area contributed by atoms with E-state index in [0.29, 0.717) is 5.41 Å². The third kappa shape index (κ3) is 2.40. The van der Waals surface area contributed by atoms with Crippen LogP contribution >= 0.6 is 11.8 Å². The van der Waals surface area contributed by atoms with Gasteiger partial charge in [-0.15, -0.1) is 0 Å². The molecule has 0 saturated carbocycles. The van der Waals surface area contributed by atoms with Crippen molar-refractivity contribution in [2.24, 2.45) is 5.41 Å². The average Bonchev–Trinajstić information content (AvgIpc) is 2.06. The minimum Gasteiger partial charge on any atom is -0.158 e. The Hall–Kier alpha value is 0.350. The number of rotatable bonds is 2. The summed E-state index contributed by atoms with van der Waals surface area (Å²) in [7, 11) is 0. The van der Waals surface area contributed by atoms with Gasteiger partial charge in [-0.1, -0.05) is 20.8 Å². The Morgan fingerprint density at radius 3 is 2.55 bits per heavy atom. The molecular formula is C10H20S. The van der Waals surface area contributed by atoms with Crippen molar-refractivity contribution in [3.05, 3.63) is 0 Å². The minimum atomic E-state index is 0.663. The maximum atomic E-state index is 2.44. The molecular weight excluding hydrogens is 152 g/mol. The van der Waals surface area contributed by atoms with Crippen molar-refractivity contribution < 1.29 is 0 Å². The van der Waals surface area contributed by atoms with Crippen molar-refractivity contribution in [3.8, 4) is 0 Å². The van der Waals surface area contributed by atoms with Gasteiger partial charge in [0.15, 0.2) is 0 Å². The van der Waals surface area contributed by atoms with E-state index in [4.69, 9.17) is 0 Å². The predicted octanol–water partition coefficient (Wildman–Crippen LogP) is 3.71. The third-order valence-corrected chi connectivity index (χ3v) is 4.95. The summed E-state index contributed by atoms with van der Waals surface area (Å²) in [6.45, 7) is 7.07. The fraction of sp³-hybridized carbons (Fsp3) is 1.00. The summed E-state index contributed by atoms with van der Waals surface area (Å²) in [5.41, 5.74) is 0.663. The van der Waals surface area contributed by atoms with Gasteiger partial charge in [0.25, 0.3) is 0 Å². The lowest BCUT2D eigenvalue weighted by Gasteiger charge is -2.35. The van der Waals surface area contributed by atoms with E-state index >= 15 is 0 Å². The summed E-state index contributed by atoms with van der Waals surface area (Å²) >= 11 is 2.19. The van der Waals surface area contributed by atoms with E-state index in [-0.39, 0.29) is 0 Å². The van der Waals surface area contributed by atoms with Gasteiger partial charge in [-0.2, -0.15) is 11.8 Å². The molecule has 0 aromatic carbocycles. The zero-order chi connectivity index (χ0) is 8.32. The Labute approximate surface area is 75.1 Å². The number of hydrogen-bond donors (Lipinski definition) is 0. The minimum absolute atomic E-state index is 0.663. The standard InChI is InChI=1S/C10H20S/c1-4-9-6-7-10(3,5-2)8-11-9/h9H,4-8H2,1-3H3. The van der Waals surface area contributed by atoms with Crippen LogP contribution in [-0.2, 0) is 0 Å². The van der Waals surface area contributed by atoms with Gasteiger partial charge in [0.05, 0.1) is 0 Å². The monoisotopic (exact) mass is 172 g/mol. The molecule has 0 N–H and O–H groups in total. The second-order valence-electron chi connectivity index (χ2n) is 4.04. The predicted molar refractivity (Wildman–Crippen MR) is 54.2 cm³/mol. The van der Waals surface area contributed by atoms with Crippen molar-refractivity contribution in [1.82, 2.24) is 0 Å². The molecule has 0 nitrogen and oxygen atoms in total. The maximum absolute atomic E-state index is 2.44. The molecule has 0 spiro atoms. The highest BCUT2D eigenvalue weighted by molar-refractivity contribution is 8.00. The van der Waals surface area contributed by atoms with E-state index in [1.807, 2.05) is 0 Å². The van der Waals surface area contributed by atoms with Crippen LogP contribution in [0.4, 0.5) is 0 Å². The van der Waals surface area contributed by atoms with Crippen LogP contribution < -0.4 is 0 Å².